The summed E-state index contributed by atoms with van der Waals surface area (Å²) in [6, 6.07) is 20.0. The minimum atomic E-state index is -0.450. The van der Waals surface area contributed by atoms with Crippen LogP contribution >= 0.6 is 11.3 Å². The summed E-state index contributed by atoms with van der Waals surface area (Å²) in [6.07, 6.45) is 2.30. The molecule has 0 fully saturated rings. The van der Waals surface area contributed by atoms with Crippen molar-refractivity contribution in [1.82, 2.24) is 0 Å². The Morgan fingerprint density at radius 3 is 1.97 bits per heavy atom. The maximum absolute atomic E-state index is 11.4. The largest absolute Gasteiger partial charge is 0.458 e. The van der Waals surface area contributed by atoms with Gasteiger partial charge in [0.05, 0.1) is 0 Å². The number of thiophene rings is 1. The van der Waals surface area contributed by atoms with E-state index in [4.69, 9.17) is 9.47 Å². The molecule has 0 aliphatic heterocycles. The van der Waals surface area contributed by atoms with Gasteiger partial charge in [0, 0.05) is 28.4 Å². The van der Waals surface area contributed by atoms with Crippen molar-refractivity contribution < 1.29 is 19.1 Å². The van der Waals surface area contributed by atoms with Gasteiger partial charge in [-0.15, -0.1) is 11.3 Å². The molecular formula is C25H23NO4S. The number of carbonyl (C=O) groups is 2. The van der Waals surface area contributed by atoms with Gasteiger partial charge in [-0.05, 0) is 48.9 Å². The molecule has 6 heteroatoms. The summed E-state index contributed by atoms with van der Waals surface area (Å²) in [4.78, 5) is 25.7. The third kappa shape index (κ3) is 5.93. The number of hydrogen-bond acceptors (Lipinski definition) is 6. The van der Waals surface area contributed by atoms with Crippen LogP contribution in [0.1, 0.15) is 16.0 Å². The Labute approximate surface area is 185 Å². The zero-order valence-corrected chi connectivity index (χ0v) is 18.1. The quantitative estimate of drug-likeness (QED) is 0.307. The van der Waals surface area contributed by atoms with Gasteiger partial charge in [0.1, 0.15) is 18.2 Å². The second-order valence-electron chi connectivity index (χ2n) is 6.70. The minimum Gasteiger partial charge on any atom is -0.458 e. The molecule has 1 heterocycles. The minimum absolute atomic E-state index is 0.188. The average molecular weight is 434 g/mol. The van der Waals surface area contributed by atoms with Gasteiger partial charge in [-0.25, -0.2) is 9.59 Å². The second-order valence-corrected chi connectivity index (χ2v) is 7.85. The van der Waals surface area contributed by atoms with Crippen molar-refractivity contribution in [2.45, 2.75) is 20.1 Å². The van der Waals surface area contributed by atoms with Crippen molar-refractivity contribution in [2.75, 3.05) is 4.90 Å². The van der Waals surface area contributed by atoms with E-state index in [0.717, 1.165) is 39.0 Å². The van der Waals surface area contributed by atoms with E-state index in [0.29, 0.717) is 0 Å². The molecule has 2 aromatic carbocycles. The van der Waals surface area contributed by atoms with Gasteiger partial charge in [0.15, 0.2) is 0 Å². The van der Waals surface area contributed by atoms with Crippen LogP contribution in [-0.4, -0.2) is 11.9 Å². The molecule has 0 bridgehead atoms. The SMILES string of the molecule is C=CC(=O)OCc1ccc(N(c2ccc(C)cc2)c2ccc(COC(=O)C=C)s2)cc1. The Bertz CT molecular complexity index is 1070. The van der Waals surface area contributed by atoms with Crippen LogP contribution < -0.4 is 4.90 Å². The van der Waals surface area contributed by atoms with Crippen LogP contribution in [0.2, 0.25) is 0 Å². The topological polar surface area (TPSA) is 55.8 Å². The van der Waals surface area contributed by atoms with E-state index in [9.17, 15) is 9.59 Å². The van der Waals surface area contributed by atoms with Crippen molar-refractivity contribution in [2.24, 2.45) is 0 Å². The van der Waals surface area contributed by atoms with Crippen molar-refractivity contribution in [1.29, 1.82) is 0 Å². The number of benzene rings is 2. The summed E-state index contributed by atoms with van der Waals surface area (Å²) in [7, 11) is 0. The predicted molar refractivity (Wildman–Crippen MR) is 124 cm³/mol. The van der Waals surface area contributed by atoms with E-state index in [1.807, 2.05) is 43.3 Å². The van der Waals surface area contributed by atoms with E-state index in [-0.39, 0.29) is 13.2 Å². The maximum atomic E-state index is 11.4. The molecule has 0 aliphatic carbocycles. The lowest BCUT2D eigenvalue weighted by molar-refractivity contribution is -0.139. The summed E-state index contributed by atoms with van der Waals surface area (Å²) in [5.41, 5.74) is 4.02. The zero-order chi connectivity index (χ0) is 22.2. The molecule has 0 atom stereocenters. The van der Waals surface area contributed by atoms with Crippen LogP contribution in [0.3, 0.4) is 0 Å². The molecule has 0 unspecified atom stereocenters. The molecule has 1 aromatic heterocycles. The first kappa shape index (κ1) is 22.1. The number of aryl methyl sites for hydroxylation is 1. The van der Waals surface area contributed by atoms with Gasteiger partial charge >= 0.3 is 11.9 Å². The number of carbonyl (C=O) groups excluding carboxylic acids is 2. The normalized spacial score (nSPS) is 10.2. The molecule has 0 saturated carbocycles. The third-order valence-corrected chi connectivity index (χ3v) is 5.47. The number of anilines is 3. The lowest BCUT2D eigenvalue weighted by atomic mass is 10.1. The standard InChI is InChI=1S/C25H23NO4S/c1-4-24(27)29-16-19-8-12-21(13-9-19)26(20-10-6-18(3)7-11-20)23-15-14-22(31-23)17-30-25(28)5-2/h4-15H,1-2,16-17H2,3H3. The van der Waals surface area contributed by atoms with Crippen LogP contribution in [0.4, 0.5) is 16.4 Å². The molecule has 0 N–H and O–H groups in total. The number of nitrogens with zero attached hydrogens (tertiary/aromatic N) is 1. The molecule has 158 valence electrons. The van der Waals surface area contributed by atoms with E-state index in [1.165, 1.54) is 5.56 Å². The van der Waals surface area contributed by atoms with Gasteiger partial charge in [-0.3, -0.25) is 0 Å². The molecule has 3 aromatic rings. The van der Waals surface area contributed by atoms with Crippen molar-refractivity contribution in [3.05, 3.63) is 102 Å². The molecule has 0 radical (unpaired) electrons. The van der Waals surface area contributed by atoms with E-state index >= 15 is 0 Å². The summed E-state index contributed by atoms with van der Waals surface area (Å²) in [5.74, 6) is -0.897. The Balaban J connectivity index is 1.87. The molecule has 5 nitrogen and oxygen atoms in total. The van der Waals surface area contributed by atoms with Gasteiger partial charge in [-0.1, -0.05) is 43.0 Å². The van der Waals surface area contributed by atoms with Gasteiger partial charge < -0.3 is 14.4 Å². The number of ether oxygens (including phenoxy) is 2. The summed E-state index contributed by atoms with van der Waals surface area (Å²) < 4.78 is 10.3. The summed E-state index contributed by atoms with van der Waals surface area (Å²) in [6.45, 7) is 9.25. The highest BCUT2D eigenvalue weighted by Gasteiger charge is 2.15. The lowest BCUT2D eigenvalue weighted by Gasteiger charge is -2.24. The predicted octanol–water partition coefficient (Wildman–Crippen LogP) is 5.98. The van der Waals surface area contributed by atoms with E-state index in [2.05, 4.69) is 42.3 Å². The second kappa shape index (κ2) is 10.4. The molecular weight excluding hydrogens is 410 g/mol. The monoisotopic (exact) mass is 433 g/mol. The van der Waals surface area contributed by atoms with Crippen LogP contribution in [-0.2, 0) is 32.3 Å². The number of esters is 2. The van der Waals surface area contributed by atoms with Crippen LogP contribution in [0.15, 0.2) is 86.0 Å². The van der Waals surface area contributed by atoms with Crippen molar-refractivity contribution >= 4 is 39.7 Å². The summed E-state index contributed by atoms with van der Waals surface area (Å²) >= 11 is 1.54. The molecule has 0 saturated heterocycles. The first-order valence-electron chi connectivity index (χ1n) is 9.63. The highest BCUT2D eigenvalue weighted by Crippen LogP contribution is 2.39. The first-order valence-corrected chi connectivity index (χ1v) is 10.4. The molecule has 31 heavy (non-hydrogen) atoms. The maximum Gasteiger partial charge on any atom is 0.330 e. The summed E-state index contributed by atoms with van der Waals surface area (Å²) in [5, 5.41) is 0.986. The number of rotatable bonds is 9. The van der Waals surface area contributed by atoms with E-state index < -0.39 is 11.9 Å². The van der Waals surface area contributed by atoms with E-state index in [1.54, 1.807) is 11.3 Å². The highest BCUT2D eigenvalue weighted by atomic mass is 32.1. The zero-order valence-electron chi connectivity index (χ0n) is 17.2. The van der Waals surface area contributed by atoms with Crippen LogP contribution in [0, 0.1) is 6.92 Å². The molecule has 3 rings (SSSR count). The fourth-order valence-electron chi connectivity index (χ4n) is 2.82. The Morgan fingerprint density at radius 2 is 1.39 bits per heavy atom. The Hall–Kier alpha value is -3.64. The van der Waals surface area contributed by atoms with Gasteiger partial charge in [0.25, 0.3) is 0 Å². The Kier molecular flexibility index (Phi) is 7.40. The van der Waals surface area contributed by atoms with Crippen LogP contribution in [0.25, 0.3) is 0 Å². The lowest BCUT2D eigenvalue weighted by Crippen LogP contribution is -2.08. The van der Waals surface area contributed by atoms with Gasteiger partial charge in [0.2, 0.25) is 0 Å². The van der Waals surface area contributed by atoms with Crippen molar-refractivity contribution in [3.63, 3.8) is 0 Å². The average Bonchev–Trinajstić information content (AvgIpc) is 3.26. The third-order valence-electron chi connectivity index (χ3n) is 4.43. The smallest absolute Gasteiger partial charge is 0.330 e. The molecule has 0 amide bonds. The van der Waals surface area contributed by atoms with Gasteiger partial charge in [-0.2, -0.15) is 0 Å². The Morgan fingerprint density at radius 1 is 0.839 bits per heavy atom. The van der Waals surface area contributed by atoms with Crippen LogP contribution in [0.5, 0.6) is 0 Å². The highest BCUT2D eigenvalue weighted by molar-refractivity contribution is 7.16. The number of hydrogen-bond donors (Lipinski definition) is 0. The fraction of sp³-hybridized carbons (Fsp3) is 0.120. The van der Waals surface area contributed by atoms with Crippen molar-refractivity contribution in [3.8, 4) is 0 Å². The molecule has 0 spiro atoms. The molecule has 0 aliphatic rings. The first-order chi connectivity index (χ1) is 15.0. The fourth-order valence-corrected chi connectivity index (χ4v) is 3.78.